The average molecular weight is 298 g/mol. The van der Waals surface area contributed by atoms with Crippen LogP contribution in [0.15, 0.2) is 24.3 Å². The van der Waals surface area contributed by atoms with Gasteiger partial charge in [-0.1, -0.05) is 37.1 Å². The molecule has 22 heavy (non-hydrogen) atoms. The molecule has 0 aromatic heterocycles. The van der Waals surface area contributed by atoms with Crippen LogP contribution in [-0.4, -0.2) is 34.2 Å². The van der Waals surface area contributed by atoms with Crippen molar-refractivity contribution in [3.63, 3.8) is 0 Å². The predicted octanol–water partition coefficient (Wildman–Crippen LogP) is 2.32. The van der Waals surface area contributed by atoms with Crippen LogP contribution in [0.2, 0.25) is 0 Å². The van der Waals surface area contributed by atoms with E-state index in [9.17, 15) is 9.59 Å². The lowest BCUT2D eigenvalue weighted by Crippen LogP contribution is -2.37. The third-order valence-electron chi connectivity index (χ3n) is 5.43. The molecule has 2 amide bonds. The zero-order valence-electron chi connectivity index (χ0n) is 12.8. The molecule has 1 saturated carbocycles. The first kappa shape index (κ1) is 13.8. The van der Waals surface area contributed by atoms with Crippen LogP contribution in [0.4, 0.5) is 0 Å². The van der Waals surface area contributed by atoms with Crippen molar-refractivity contribution in [2.24, 2.45) is 5.92 Å². The maximum absolute atomic E-state index is 12.8. The molecule has 2 fully saturated rings. The Morgan fingerprint density at radius 2 is 1.68 bits per heavy atom. The molecule has 2 aliphatic heterocycles. The lowest BCUT2D eigenvalue weighted by Gasteiger charge is -2.25. The van der Waals surface area contributed by atoms with Crippen LogP contribution in [0.5, 0.6) is 0 Å². The molecule has 2 heterocycles. The van der Waals surface area contributed by atoms with Gasteiger partial charge in [-0.05, 0) is 24.0 Å². The highest BCUT2D eigenvalue weighted by Crippen LogP contribution is 2.32. The number of amides is 2. The Labute approximate surface area is 131 Å². The molecule has 116 valence electrons. The van der Waals surface area contributed by atoms with Crippen LogP contribution in [-0.2, 0) is 22.7 Å². The number of hydrogen-bond acceptors (Lipinski definition) is 2. The summed E-state index contributed by atoms with van der Waals surface area (Å²) in [5.74, 6) is 0.203. The lowest BCUT2D eigenvalue weighted by atomic mass is 10.1. The van der Waals surface area contributed by atoms with E-state index in [2.05, 4.69) is 12.1 Å². The molecular formula is C18H22N2O2. The van der Waals surface area contributed by atoms with E-state index in [0.717, 1.165) is 12.8 Å². The van der Waals surface area contributed by atoms with Gasteiger partial charge in [0, 0.05) is 32.1 Å². The Kier molecular flexibility index (Phi) is 3.40. The summed E-state index contributed by atoms with van der Waals surface area (Å²) in [6.45, 7) is 2.03. The van der Waals surface area contributed by atoms with E-state index in [1.54, 1.807) is 0 Å². The van der Waals surface area contributed by atoms with Gasteiger partial charge in [0.2, 0.25) is 11.8 Å². The summed E-state index contributed by atoms with van der Waals surface area (Å²) < 4.78 is 0. The Morgan fingerprint density at radius 3 is 2.32 bits per heavy atom. The van der Waals surface area contributed by atoms with Crippen molar-refractivity contribution in [3.05, 3.63) is 35.4 Å². The average Bonchev–Trinajstić information content (AvgIpc) is 3.24. The van der Waals surface area contributed by atoms with E-state index < -0.39 is 0 Å². The first-order valence-corrected chi connectivity index (χ1v) is 8.37. The SMILES string of the molecule is O=C([C@@H]1CC(=O)N(C2CCCC2)C1)N1Cc2ccccc2C1. The molecule has 0 bridgehead atoms. The minimum atomic E-state index is -0.137. The fourth-order valence-electron chi connectivity index (χ4n) is 4.21. The normalized spacial score (nSPS) is 25.1. The summed E-state index contributed by atoms with van der Waals surface area (Å²) in [4.78, 5) is 28.9. The van der Waals surface area contributed by atoms with Crippen LogP contribution >= 0.6 is 0 Å². The van der Waals surface area contributed by atoms with Crippen LogP contribution in [0.1, 0.15) is 43.2 Å². The van der Waals surface area contributed by atoms with E-state index in [4.69, 9.17) is 0 Å². The van der Waals surface area contributed by atoms with E-state index in [0.29, 0.717) is 32.1 Å². The van der Waals surface area contributed by atoms with Crippen molar-refractivity contribution in [2.75, 3.05) is 6.54 Å². The Hall–Kier alpha value is -1.84. The summed E-state index contributed by atoms with van der Waals surface area (Å²) in [5.41, 5.74) is 2.49. The summed E-state index contributed by atoms with van der Waals surface area (Å²) in [6.07, 6.45) is 5.06. The molecule has 1 aromatic rings. The number of rotatable bonds is 2. The topological polar surface area (TPSA) is 40.6 Å². The monoisotopic (exact) mass is 298 g/mol. The summed E-state index contributed by atoms with van der Waals surface area (Å²) in [7, 11) is 0. The van der Waals surface area contributed by atoms with Crippen LogP contribution < -0.4 is 0 Å². The smallest absolute Gasteiger partial charge is 0.228 e. The molecule has 0 spiro atoms. The number of hydrogen-bond donors (Lipinski definition) is 0. The summed E-state index contributed by atoms with van der Waals surface area (Å²) in [6, 6.07) is 8.61. The Bertz CT molecular complexity index is 582. The highest BCUT2D eigenvalue weighted by molar-refractivity contribution is 5.89. The number of carbonyl (C=O) groups excluding carboxylic acids is 2. The van der Waals surface area contributed by atoms with Crippen molar-refractivity contribution in [2.45, 2.75) is 51.2 Å². The molecular weight excluding hydrogens is 276 g/mol. The van der Waals surface area contributed by atoms with Gasteiger partial charge in [-0.2, -0.15) is 0 Å². The molecule has 1 atom stereocenters. The van der Waals surface area contributed by atoms with Gasteiger partial charge in [0.25, 0.3) is 0 Å². The molecule has 0 N–H and O–H groups in total. The van der Waals surface area contributed by atoms with Crippen molar-refractivity contribution in [1.29, 1.82) is 0 Å². The Balaban J connectivity index is 1.43. The third-order valence-corrected chi connectivity index (χ3v) is 5.43. The lowest BCUT2D eigenvalue weighted by molar-refractivity contribution is -0.136. The Morgan fingerprint density at radius 1 is 1.05 bits per heavy atom. The molecule has 4 heteroatoms. The second-order valence-corrected chi connectivity index (χ2v) is 6.85. The zero-order valence-corrected chi connectivity index (χ0v) is 12.8. The first-order valence-electron chi connectivity index (χ1n) is 8.37. The van der Waals surface area contributed by atoms with Crippen LogP contribution in [0.25, 0.3) is 0 Å². The first-order chi connectivity index (χ1) is 10.7. The summed E-state index contributed by atoms with van der Waals surface area (Å²) >= 11 is 0. The summed E-state index contributed by atoms with van der Waals surface area (Å²) in [5, 5.41) is 0. The van der Waals surface area contributed by atoms with E-state index in [1.165, 1.54) is 24.0 Å². The molecule has 1 aliphatic carbocycles. The second-order valence-electron chi connectivity index (χ2n) is 6.85. The largest absolute Gasteiger partial charge is 0.339 e. The molecule has 1 aromatic carbocycles. The number of fused-ring (bicyclic) bond motifs is 1. The molecule has 0 radical (unpaired) electrons. The maximum atomic E-state index is 12.8. The fraction of sp³-hybridized carbons (Fsp3) is 0.556. The van der Waals surface area contributed by atoms with E-state index in [1.807, 2.05) is 21.9 Å². The molecule has 3 aliphatic rings. The number of nitrogens with zero attached hydrogens (tertiary/aromatic N) is 2. The van der Waals surface area contributed by atoms with Gasteiger partial charge in [0.05, 0.1) is 5.92 Å². The molecule has 4 nitrogen and oxygen atoms in total. The van der Waals surface area contributed by atoms with Gasteiger partial charge >= 0.3 is 0 Å². The minimum Gasteiger partial charge on any atom is -0.339 e. The van der Waals surface area contributed by atoms with Crippen LogP contribution in [0, 0.1) is 5.92 Å². The number of carbonyl (C=O) groups is 2. The molecule has 0 unspecified atom stereocenters. The van der Waals surface area contributed by atoms with Crippen molar-refractivity contribution in [3.8, 4) is 0 Å². The predicted molar refractivity (Wildman–Crippen MR) is 82.8 cm³/mol. The number of likely N-dealkylation sites (tertiary alicyclic amines) is 1. The van der Waals surface area contributed by atoms with Gasteiger partial charge in [-0.3, -0.25) is 9.59 Å². The quantitative estimate of drug-likeness (QED) is 0.841. The fourth-order valence-corrected chi connectivity index (χ4v) is 4.21. The highest BCUT2D eigenvalue weighted by atomic mass is 16.2. The van der Waals surface area contributed by atoms with Crippen LogP contribution in [0.3, 0.4) is 0 Å². The van der Waals surface area contributed by atoms with Crippen molar-refractivity contribution >= 4 is 11.8 Å². The number of benzene rings is 1. The standard InChI is InChI=1S/C18H22N2O2/c21-17-9-15(12-20(17)16-7-3-4-8-16)18(22)19-10-13-5-1-2-6-14(13)11-19/h1-2,5-6,15-16H,3-4,7-12H2/t15-/m1/s1. The van der Waals surface area contributed by atoms with Gasteiger partial charge in [0.15, 0.2) is 0 Å². The van der Waals surface area contributed by atoms with E-state index >= 15 is 0 Å². The maximum Gasteiger partial charge on any atom is 0.228 e. The van der Waals surface area contributed by atoms with Gasteiger partial charge in [-0.15, -0.1) is 0 Å². The second kappa shape index (κ2) is 5.41. The van der Waals surface area contributed by atoms with Crippen molar-refractivity contribution < 1.29 is 9.59 Å². The molecule has 4 rings (SSSR count). The van der Waals surface area contributed by atoms with Gasteiger partial charge in [-0.25, -0.2) is 0 Å². The zero-order chi connectivity index (χ0) is 15.1. The van der Waals surface area contributed by atoms with E-state index in [-0.39, 0.29) is 17.7 Å². The van der Waals surface area contributed by atoms with Crippen molar-refractivity contribution in [1.82, 2.24) is 9.80 Å². The van der Waals surface area contributed by atoms with Gasteiger partial charge in [0.1, 0.15) is 0 Å². The highest BCUT2D eigenvalue weighted by Gasteiger charge is 2.40. The molecule has 1 saturated heterocycles. The van der Waals surface area contributed by atoms with Gasteiger partial charge < -0.3 is 9.80 Å². The minimum absolute atomic E-state index is 0.137. The third kappa shape index (κ3) is 2.31.